The molecule has 1 N–H and O–H groups in total. The van der Waals surface area contributed by atoms with Gasteiger partial charge in [-0.15, -0.1) is 0 Å². The van der Waals surface area contributed by atoms with Crippen molar-refractivity contribution in [1.82, 2.24) is 24.8 Å². The van der Waals surface area contributed by atoms with Crippen LogP contribution in [0.2, 0.25) is 0 Å². The molecule has 1 atom stereocenters. The third-order valence-electron chi connectivity index (χ3n) is 11.3. The van der Waals surface area contributed by atoms with Crippen LogP contribution in [0.5, 0.6) is 17.4 Å². The number of benzene rings is 1. The zero-order chi connectivity index (χ0) is 39.1. The van der Waals surface area contributed by atoms with Crippen LogP contribution >= 0.6 is 0 Å². The van der Waals surface area contributed by atoms with Gasteiger partial charge in [0.1, 0.15) is 34.2 Å². The van der Waals surface area contributed by atoms with E-state index in [4.69, 9.17) is 18.9 Å². The van der Waals surface area contributed by atoms with Gasteiger partial charge >= 0.3 is 12.1 Å². The van der Waals surface area contributed by atoms with Crippen LogP contribution < -0.4 is 14.4 Å². The molecule has 1 spiro atoms. The molecule has 2 saturated heterocycles. The molecular weight excluding hydrogens is 703 g/mol. The van der Waals surface area contributed by atoms with Crippen molar-refractivity contribution >= 4 is 28.9 Å². The fraction of sp³-hybridized carbons (Fsp3) is 0.524. The van der Waals surface area contributed by atoms with E-state index in [0.29, 0.717) is 36.5 Å². The number of piperazine rings is 1. The van der Waals surface area contributed by atoms with Crippen molar-refractivity contribution < 1.29 is 32.9 Å². The summed E-state index contributed by atoms with van der Waals surface area (Å²) >= 11 is 0. The van der Waals surface area contributed by atoms with E-state index in [1.807, 2.05) is 25.7 Å². The first-order chi connectivity index (χ1) is 26.3. The molecule has 5 heterocycles. The summed E-state index contributed by atoms with van der Waals surface area (Å²) in [4.78, 5) is 44.8. The van der Waals surface area contributed by atoms with Gasteiger partial charge in [-0.3, -0.25) is 4.90 Å². The number of nitrogens with zero attached hydrogens (tertiary/aromatic N) is 5. The number of hydrogen-bond donors (Lipinski definition) is 1. The molecule has 1 aliphatic carbocycles. The van der Waals surface area contributed by atoms with Crippen LogP contribution in [0.1, 0.15) is 101 Å². The maximum Gasteiger partial charge on any atom is 0.410 e. The summed E-state index contributed by atoms with van der Waals surface area (Å²) < 4.78 is 37.3. The van der Waals surface area contributed by atoms with E-state index in [1.165, 1.54) is 36.7 Å². The number of hydrogen-bond acceptors (Lipinski definition) is 10. The van der Waals surface area contributed by atoms with Crippen LogP contribution in [0.25, 0.3) is 11.0 Å². The molecule has 294 valence electrons. The van der Waals surface area contributed by atoms with E-state index in [9.17, 15) is 14.0 Å². The molecule has 3 aromatic heterocycles. The number of rotatable bonds is 9. The Kier molecular flexibility index (Phi) is 10.7. The number of methoxy groups -OCH3 is 1. The summed E-state index contributed by atoms with van der Waals surface area (Å²) in [6, 6.07) is 12.4. The predicted octanol–water partition coefficient (Wildman–Crippen LogP) is 8.24. The van der Waals surface area contributed by atoms with Crippen LogP contribution in [0, 0.1) is 11.2 Å². The summed E-state index contributed by atoms with van der Waals surface area (Å²) in [6.07, 6.45) is 6.67. The number of carbonyl (C=O) groups excluding carboxylic acids is 2. The predicted molar refractivity (Wildman–Crippen MR) is 208 cm³/mol. The fourth-order valence-electron chi connectivity index (χ4n) is 8.50. The molecular formula is C42H53FN6O6. The van der Waals surface area contributed by atoms with Crippen molar-refractivity contribution in [2.45, 2.75) is 90.8 Å². The minimum atomic E-state index is -0.572. The van der Waals surface area contributed by atoms with Gasteiger partial charge in [-0.1, -0.05) is 38.1 Å². The summed E-state index contributed by atoms with van der Waals surface area (Å²) in [5.74, 6) is 0.521. The van der Waals surface area contributed by atoms with Gasteiger partial charge in [0.2, 0.25) is 0 Å². The second-order valence-electron chi connectivity index (χ2n) is 16.4. The largest absolute Gasteiger partial charge is 0.478 e. The standard InChI is InChI=1S/C42H53FN6O6/c1-8-53-39(50)31-23-44-36(20-34(31)54-35-19-30-32(43)24-45-37(30)46-38(35)52-7)47-15-13-42(14-16-47)21-27(22-42)49-18-17-48(40(51)55-41(4,5)6)25-33(49)29-12-10-9-11-28(29)26(2)3/h9-12,19-20,23-24,26-27,33H,8,13-18,21-22,25H2,1-7H3,(H,45,46). The molecule has 0 radical (unpaired) electrons. The Labute approximate surface area is 322 Å². The van der Waals surface area contributed by atoms with Crippen molar-refractivity contribution in [3.63, 3.8) is 0 Å². The van der Waals surface area contributed by atoms with E-state index >= 15 is 0 Å². The summed E-state index contributed by atoms with van der Waals surface area (Å²) in [5, 5.41) is 0.239. The molecule has 12 nitrogen and oxygen atoms in total. The van der Waals surface area contributed by atoms with Crippen LogP contribution in [0.3, 0.4) is 0 Å². The number of carbonyl (C=O) groups is 2. The first kappa shape index (κ1) is 38.4. The highest BCUT2D eigenvalue weighted by molar-refractivity contribution is 5.93. The Hall–Kier alpha value is -4.91. The molecule has 3 aliphatic rings. The number of anilines is 1. The molecule has 1 aromatic carbocycles. The Morgan fingerprint density at radius 1 is 1.05 bits per heavy atom. The number of H-pyrrole nitrogens is 1. The van der Waals surface area contributed by atoms with Gasteiger partial charge < -0.3 is 33.7 Å². The zero-order valence-corrected chi connectivity index (χ0v) is 33.0. The van der Waals surface area contributed by atoms with Crippen molar-refractivity contribution in [3.8, 4) is 17.4 Å². The molecule has 2 aliphatic heterocycles. The molecule has 1 unspecified atom stereocenters. The molecule has 13 heteroatoms. The van der Waals surface area contributed by atoms with E-state index in [1.54, 1.807) is 13.0 Å². The van der Waals surface area contributed by atoms with Crippen molar-refractivity contribution in [2.24, 2.45) is 5.41 Å². The van der Waals surface area contributed by atoms with Gasteiger partial charge in [-0.25, -0.2) is 19.0 Å². The molecule has 7 rings (SSSR count). The fourth-order valence-corrected chi connectivity index (χ4v) is 8.50. The normalized spacial score (nSPS) is 19.1. The van der Waals surface area contributed by atoms with Crippen LogP contribution in [-0.4, -0.2) is 94.9 Å². The number of nitrogens with one attached hydrogen (secondary N) is 1. The number of piperidine rings is 1. The summed E-state index contributed by atoms with van der Waals surface area (Å²) in [7, 11) is 1.45. The third kappa shape index (κ3) is 7.94. The number of aromatic nitrogens is 3. The van der Waals surface area contributed by atoms with Gasteiger partial charge in [-0.05, 0) is 75.8 Å². The Morgan fingerprint density at radius 2 is 1.80 bits per heavy atom. The van der Waals surface area contributed by atoms with Crippen molar-refractivity contribution in [2.75, 3.05) is 51.3 Å². The number of pyridine rings is 2. The van der Waals surface area contributed by atoms with Gasteiger partial charge in [0.15, 0.2) is 5.75 Å². The summed E-state index contributed by atoms with van der Waals surface area (Å²) in [6.45, 7) is 15.8. The highest BCUT2D eigenvalue weighted by Crippen LogP contribution is 2.53. The van der Waals surface area contributed by atoms with Gasteiger partial charge in [0.25, 0.3) is 5.88 Å². The van der Waals surface area contributed by atoms with Gasteiger partial charge in [0, 0.05) is 63.3 Å². The van der Waals surface area contributed by atoms with Crippen molar-refractivity contribution in [1.29, 1.82) is 0 Å². The minimum Gasteiger partial charge on any atom is -0.478 e. The van der Waals surface area contributed by atoms with Gasteiger partial charge in [0.05, 0.1) is 25.1 Å². The lowest BCUT2D eigenvalue weighted by atomic mass is 9.59. The van der Waals surface area contributed by atoms with Crippen LogP contribution in [0.15, 0.2) is 48.8 Å². The average Bonchev–Trinajstić information content (AvgIpc) is 3.51. The number of fused-ring (bicyclic) bond motifs is 1. The molecule has 1 saturated carbocycles. The average molecular weight is 757 g/mol. The lowest BCUT2D eigenvalue weighted by Crippen LogP contribution is -2.60. The van der Waals surface area contributed by atoms with E-state index in [2.05, 4.69) is 62.9 Å². The Morgan fingerprint density at radius 3 is 2.49 bits per heavy atom. The first-order valence-corrected chi connectivity index (χ1v) is 19.4. The number of ether oxygens (including phenoxy) is 4. The van der Waals surface area contributed by atoms with E-state index < -0.39 is 17.4 Å². The topological polar surface area (TPSA) is 122 Å². The smallest absolute Gasteiger partial charge is 0.410 e. The van der Waals surface area contributed by atoms with Gasteiger partial charge in [-0.2, -0.15) is 4.98 Å². The molecule has 4 aromatic rings. The Bertz CT molecular complexity index is 2030. The maximum atomic E-state index is 14.5. The lowest BCUT2D eigenvalue weighted by Gasteiger charge is -2.58. The highest BCUT2D eigenvalue weighted by Gasteiger charge is 2.50. The lowest BCUT2D eigenvalue weighted by molar-refractivity contribution is -0.0644. The third-order valence-corrected chi connectivity index (χ3v) is 11.3. The molecule has 1 amide bonds. The number of esters is 1. The van der Waals surface area contributed by atoms with Crippen LogP contribution in [0.4, 0.5) is 15.0 Å². The first-order valence-electron chi connectivity index (χ1n) is 19.4. The van der Waals surface area contributed by atoms with E-state index in [-0.39, 0.29) is 52.5 Å². The van der Waals surface area contributed by atoms with Crippen LogP contribution in [-0.2, 0) is 9.47 Å². The second-order valence-corrected chi connectivity index (χ2v) is 16.4. The molecule has 3 fully saturated rings. The number of amides is 1. The second kappa shape index (κ2) is 15.3. The molecule has 0 bridgehead atoms. The SMILES string of the molecule is CCOC(=O)c1cnc(N2CCC3(CC2)CC(N2CCN(C(=O)OC(C)(C)C)CC2c2ccccc2C(C)C)C3)cc1Oc1cc2c(F)c[nH]c2nc1OC. The highest BCUT2D eigenvalue weighted by atomic mass is 19.1. The quantitative estimate of drug-likeness (QED) is 0.167. The zero-order valence-electron chi connectivity index (χ0n) is 33.0. The maximum absolute atomic E-state index is 14.5. The van der Waals surface area contributed by atoms with Crippen molar-refractivity contribution in [3.05, 3.63) is 71.3 Å². The number of halogens is 1. The minimum absolute atomic E-state index is 0.0890. The summed E-state index contributed by atoms with van der Waals surface area (Å²) in [5.41, 5.74) is 2.77. The number of aromatic amines is 1. The monoisotopic (exact) mass is 756 g/mol. The van der Waals surface area contributed by atoms with E-state index in [0.717, 1.165) is 45.3 Å². The Balaban J connectivity index is 1.06. The molecule has 55 heavy (non-hydrogen) atoms.